The fourth-order valence-corrected chi connectivity index (χ4v) is 1.27. The van der Waals surface area contributed by atoms with Gasteiger partial charge < -0.3 is 16.8 Å². The first kappa shape index (κ1) is 12.9. The average molecular weight is 187 g/mol. The molecule has 13 heavy (non-hydrogen) atoms. The van der Waals surface area contributed by atoms with Crippen LogP contribution in [0.1, 0.15) is 26.7 Å². The Labute approximate surface area is 82.3 Å². The number of hydrogen-bond acceptors (Lipinski definition) is 3. The Bertz CT molecular complexity index is 104. The van der Waals surface area contributed by atoms with Gasteiger partial charge in [-0.2, -0.15) is 0 Å². The Hall–Kier alpha value is -0.120. The van der Waals surface area contributed by atoms with Crippen molar-refractivity contribution in [3.05, 3.63) is 0 Å². The fourth-order valence-electron chi connectivity index (χ4n) is 1.27. The van der Waals surface area contributed by atoms with Gasteiger partial charge in [0.1, 0.15) is 0 Å². The van der Waals surface area contributed by atoms with E-state index in [1.165, 1.54) is 6.42 Å². The van der Waals surface area contributed by atoms with Crippen molar-refractivity contribution in [2.75, 3.05) is 26.2 Å². The quantitative estimate of drug-likeness (QED) is 0.486. The average Bonchev–Trinajstić information content (AvgIpc) is 2.10. The Morgan fingerprint density at radius 1 is 1.15 bits per heavy atom. The van der Waals surface area contributed by atoms with Crippen LogP contribution in [0.4, 0.5) is 0 Å². The van der Waals surface area contributed by atoms with Crippen molar-refractivity contribution in [2.24, 2.45) is 23.3 Å². The SMILES string of the molecule is CC(C)C(CN)CNCCCCN. The predicted molar refractivity (Wildman–Crippen MR) is 58.5 cm³/mol. The van der Waals surface area contributed by atoms with E-state index >= 15 is 0 Å². The molecule has 1 unspecified atom stereocenters. The minimum absolute atomic E-state index is 0.609. The molecular formula is C10H25N3. The minimum Gasteiger partial charge on any atom is -0.330 e. The van der Waals surface area contributed by atoms with Crippen LogP contribution < -0.4 is 16.8 Å². The van der Waals surface area contributed by atoms with E-state index in [-0.39, 0.29) is 0 Å². The molecule has 0 aliphatic heterocycles. The molecule has 0 aliphatic carbocycles. The molecule has 0 radical (unpaired) electrons. The summed E-state index contributed by atoms with van der Waals surface area (Å²) in [6, 6.07) is 0. The molecule has 0 amide bonds. The molecule has 0 spiro atoms. The van der Waals surface area contributed by atoms with E-state index in [0.717, 1.165) is 32.6 Å². The first-order valence-electron chi connectivity index (χ1n) is 5.33. The summed E-state index contributed by atoms with van der Waals surface area (Å²) in [5.74, 6) is 1.28. The van der Waals surface area contributed by atoms with Gasteiger partial charge in [-0.3, -0.25) is 0 Å². The normalized spacial score (nSPS) is 13.6. The van der Waals surface area contributed by atoms with Crippen LogP contribution in [0.15, 0.2) is 0 Å². The molecule has 3 nitrogen and oxygen atoms in total. The van der Waals surface area contributed by atoms with Crippen molar-refractivity contribution in [3.63, 3.8) is 0 Å². The van der Waals surface area contributed by atoms with Crippen molar-refractivity contribution < 1.29 is 0 Å². The molecule has 80 valence electrons. The Morgan fingerprint density at radius 2 is 1.85 bits per heavy atom. The maximum absolute atomic E-state index is 5.65. The van der Waals surface area contributed by atoms with Crippen LogP contribution in [0.25, 0.3) is 0 Å². The topological polar surface area (TPSA) is 64.1 Å². The van der Waals surface area contributed by atoms with Crippen LogP contribution in [-0.2, 0) is 0 Å². The van der Waals surface area contributed by atoms with E-state index in [0.29, 0.717) is 11.8 Å². The van der Waals surface area contributed by atoms with E-state index < -0.39 is 0 Å². The van der Waals surface area contributed by atoms with Crippen LogP contribution >= 0.6 is 0 Å². The molecule has 0 rings (SSSR count). The largest absolute Gasteiger partial charge is 0.330 e. The number of nitrogens with two attached hydrogens (primary N) is 2. The second-order valence-electron chi connectivity index (χ2n) is 3.94. The second kappa shape index (κ2) is 8.48. The lowest BCUT2D eigenvalue weighted by molar-refractivity contribution is 0.370. The summed E-state index contributed by atoms with van der Waals surface area (Å²) >= 11 is 0. The standard InChI is InChI=1S/C10H25N3/c1-9(2)10(7-12)8-13-6-4-3-5-11/h9-10,13H,3-8,11-12H2,1-2H3. The van der Waals surface area contributed by atoms with Crippen molar-refractivity contribution in [1.82, 2.24) is 5.32 Å². The van der Waals surface area contributed by atoms with Crippen molar-refractivity contribution in [3.8, 4) is 0 Å². The highest BCUT2D eigenvalue weighted by Gasteiger charge is 2.09. The molecule has 0 aromatic heterocycles. The molecule has 1 atom stereocenters. The Morgan fingerprint density at radius 3 is 2.31 bits per heavy atom. The first-order valence-corrected chi connectivity index (χ1v) is 5.33. The smallest absolute Gasteiger partial charge is 0.000600 e. The van der Waals surface area contributed by atoms with Gasteiger partial charge in [-0.1, -0.05) is 13.8 Å². The van der Waals surface area contributed by atoms with Gasteiger partial charge in [-0.05, 0) is 50.9 Å². The zero-order chi connectivity index (χ0) is 10.1. The molecule has 0 saturated heterocycles. The summed E-state index contributed by atoms with van der Waals surface area (Å²) in [5, 5.41) is 3.42. The van der Waals surface area contributed by atoms with E-state index in [2.05, 4.69) is 19.2 Å². The Kier molecular flexibility index (Phi) is 8.40. The molecule has 3 heteroatoms. The van der Waals surface area contributed by atoms with Crippen molar-refractivity contribution in [2.45, 2.75) is 26.7 Å². The maximum Gasteiger partial charge on any atom is -0.000600 e. The summed E-state index contributed by atoms with van der Waals surface area (Å²) in [6.45, 7) is 8.13. The van der Waals surface area contributed by atoms with E-state index in [1.54, 1.807) is 0 Å². The van der Waals surface area contributed by atoms with Gasteiger partial charge >= 0.3 is 0 Å². The van der Waals surface area contributed by atoms with Crippen molar-refractivity contribution in [1.29, 1.82) is 0 Å². The van der Waals surface area contributed by atoms with Gasteiger partial charge in [-0.25, -0.2) is 0 Å². The molecule has 5 N–H and O–H groups in total. The lowest BCUT2D eigenvalue weighted by Gasteiger charge is -2.19. The number of nitrogens with one attached hydrogen (secondary N) is 1. The number of hydrogen-bond donors (Lipinski definition) is 3. The highest BCUT2D eigenvalue weighted by molar-refractivity contribution is 4.66. The lowest BCUT2D eigenvalue weighted by Crippen LogP contribution is -2.32. The number of unbranched alkanes of at least 4 members (excludes halogenated alkanes) is 1. The summed E-state index contributed by atoms with van der Waals surface area (Å²) in [4.78, 5) is 0. The zero-order valence-corrected chi connectivity index (χ0v) is 9.05. The molecule has 0 bridgehead atoms. The summed E-state index contributed by atoms with van der Waals surface area (Å²) in [6.07, 6.45) is 2.29. The van der Waals surface area contributed by atoms with Crippen LogP contribution in [-0.4, -0.2) is 26.2 Å². The molecular weight excluding hydrogens is 162 g/mol. The third kappa shape index (κ3) is 6.99. The van der Waals surface area contributed by atoms with Gasteiger partial charge in [0.05, 0.1) is 0 Å². The third-order valence-electron chi connectivity index (χ3n) is 2.46. The molecule has 0 aromatic rings. The maximum atomic E-state index is 5.65. The molecule has 0 heterocycles. The number of rotatable bonds is 8. The minimum atomic E-state index is 0.609. The third-order valence-corrected chi connectivity index (χ3v) is 2.46. The van der Waals surface area contributed by atoms with E-state index in [4.69, 9.17) is 11.5 Å². The van der Waals surface area contributed by atoms with Crippen LogP contribution in [0.5, 0.6) is 0 Å². The van der Waals surface area contributed by atoms with E-state index in [9.17, 15) is 0 Å². The van der Waals surface area contributed by atoms with Gasteiger partial charge in [0, 0.05) is 0 Å². The van der Waals surface area contributed by atoms with Gasteiger partial charge in [-0.15, -0.1) is 0 Å². The van der Waals surface area contributed by atoms with Crippen LogP contribution in [0.2, 0.25) is 0 Å². The van der Waals surface area contributed by atoms with Gasteiger partial charge in [0.2, 0.25) is 0 Å². The molecule has 0 saturated carbocycles. The second-order valence-corrected chi connectivity index (χ2v) is 3.94. The Balaban J connectivity index is 3.28. The molecule has 0 aliphatic rings. The van der Waals surface area contributed by atoms with Crippen LogP contribution in [0.3, 0.4) is 0 Å². The first-order chi connectivity index (χ1) is 6.22. The summed E-state index contributed by atoms with van der Waals surface area (Å²) in [7, 11) is 0. The molecule has 0 aromatic carbocycles. The lowest BCUT2D eigenvalue weighted by atomic mass is 9.96. The van der Waals surface area contributed by atoms with Gasteiger partial charge in [0.15, 0.2) is 0 Å². The highest BCUT2D eigenvalue weighted by atomic mass is 14.9. The van der Waals surface area contributed by atoms with Crippen molar-refractivity contribution >= 4 is 0 Å². The highest BCUT2D eigenvalue weighted by Crippen LogP contribution is 2.07. The van der Waals surface area contributed by atoms with Crippen LogP contribution in [0, 0.1) is 11.8 Å². The van der Waals surface area contributed by atoms with Gasteiger partial charge in [0.25, 0.3) is 0 Å². The fraction of sp³-hybridized carbons (Fsp3) is 1.00. The predicted octanol–water partition coefficient (Wildman–Crippen LogP) is 0.546. The summed E-state index contributed by atoms with van der Waals surface area (Å²) in [5.41, 5.74) is 11.1. The summed E-state index contributed by atoms with van der Waals surface area (Å²) < 4.78 is 0. The van der Waals surface area contributed by atoms with E-state index in [1.807, 2.05) is 0 Å². The zero-order valence-electron chi connectivity index (χ0n) is 9.05. The monoisotopic (exact) mass is 187 g/mol. The molecule has 0 fully saturated rings.